The first-order chi connectivity index (χ1) is 13.6. The van der Waals surface area contributed by atoms with E-state index in [9.17, 15) is 14.7 Å². The molecule has 1 unspecified atom stereocenters. The van der Waals surface area contributed by atoms with Crippen molar-refractivity contribution in [1.29, 1.82) is 0 Å². The zero-order valence-electron chi connectivity index (χ0n) is 15.3. The molecule has 1 amide bonds. The second kappa shape index (κ2) is 7.19. The molecular weight excluding hydrogens is 354 g/mol. The standard InChI is InChI=1S/C23H19NO4/c1-15-8-5-6-12-18(15)20-19(21(25)16-9-3-2-4-10-16)22(26)23(27)24(20)14-17-11-7-13-28-17/h2-13,20,25H,14H2,1H3/b21-19-. The van der Waals surface area contributed by atoms with Crippen LogP contribution in [0.25, 0.3) is 5.76 Å². The number of ketones is 1. The van der Waals surface area contributed by atoms with Crippen LogP contribution in [0, 0.1) is 6.92 Å². The summed E-state index contributed by atoms with van der Waals surface area (Å²) in [6.45, 7) is 2.06. The molecule has 0 spiro atoms. The Hall–Kier alpha value is -3.60. The van der Waals surface area contributed by atoms with E-state index >= 15 is 0 Å². The SMILES string of the molecule is Cc1ccccc1C1/C(=C(/O)c2ccccc2)C(=O)C(=O)N1Cc1ccco1. The normalized spacial score (nSPS) is 18.6. The van der Waals surface area contributed by atoms with Crippen molar-refractivity contribution in [2.24, 2.45) is 0 Å². The van der Waals surface area contributed by atoms with Crippen molar-refractivity contribution < 1.29 is 19.1 Å². The monoisotopic (exact) mass is 373 g/mol. The molecule has 0 aliphatic carbocycles. The van der Waals surface area contributed by atoms with Gasteiger partial charge in [0.25, 0.3) is 11.7 Å². The predicted octanol–water partition coefficient (Wildman–Crippen LogP) is 4.21. The Bertz CT molecular complexity index is 1050. The molecule has 1 N–H and O–H groups in total. The molecule has 0 saturated carbocycles. The van der Waals surface area contributed by atoms with Gasteiger partial charge in [-0.15, -0.1) is 0 Å². The van der Waals surface area contributed by atoms with Crippen LogP contribution >= 0.6 is 0 Å². The maximum absolute atomic E-state index is 12.9. The summed E-state index contributed by atoms with van der Waals surface area (Å²) < 4.78 is 5.39. The van der Waals surface area contributed by atoms with Gasteiger partial charge in [-0.2, -0.15) is 0 Å². The number of benzene rings is 2. The highest BCUT2D eigenvalue weighted by molar-refractivity contribution is 6.46. The highest BCUT2D eigenvalue weighted by Crippen LogP contribution is 2.41. The number of aryl methyl sites for hydroxylation is 1. The number of amides is 1. The maximum atomic E-state index is 12.9. The van der Waals surface area contributed by atoms with Gasteiger partial charge in [0, 0.05) is 5.56 Å². The van der Waals surface area contributed by atoms with Gasteiger partial charge in [-0.25, -0.2) is 0 Å². The molecule has 2 aromatic carbocycles. The van der Waals surface area contributed by atoms with Gasteiger partial charge in [0.2, 0.25) is 0 Å². The number of nitrogens with zero attached hydrogens (tertiary/aromatic N) is 1. The lowest BCUT2D eigenvalue weighted by Crippen LogP contribution is -2.29. The van der Waals surface area contributed by atoms with Gasteiger partial charge in [-0.3, -0.25) is 9.59 Å². The number of carbonyl (C=O) groups excluding carboxylic acids is 2. The van der Waals surface area contributed by atoms with E-state index in [1.807, 2.05) is 37.3 Å². The van der Waals surface area contributed by atoms with E-state index in [-0.39, 0.29) is 17.9 Å². The minimum absolute atomic E-state index is 0.0945. The molecule has 140 valence electrons. The van der Waals surface area contributed by atoms with E-state index in [0.717, 1.165) is 11.1 Å². The van der Waals surface area contributed by atoms with E-state index in [2.05, 4.69) is 0 Å². The third-order valence-electron chi connectivity index (χ3n) is 4.98. The first kappa shape index (κ1) is 17.8. The van der Waals surface area contributed by atoms with Crippen molar-refractivity contribution in [3.8, 4) is 0 Å². The number of hydrogen-bond acceptors (Lipinski definition) is 4. The number of carbonyl (C=O) groups is 2. The van der Waals surface area contributed by atoms with Crippen LogP contribution < -0.4 is 0 Å². The van der Waals surface area contributed by atoms with Gasteiger partial charge in [0.15, 0.2) is 0 Å². The van der Waals surface area contributed by atoms with Crippen LogP contribution in [0.3, 0.4) is 0 Å². The number of aliphatic hydroxyl groups is 1. The van der Waals surface area contributed by atoms with Crippen molar-refractivity contribution in [3.63, 3.8) is 0 Å². The van der Waals surface area contributed by atoms with Crippen LogP contribution in [0.2, 0.25) is 0 Å². The Morgan fingerprint density at radius 3 is 2.39 bits per heavy atom. The summed E-state index contributed by atoms with van der Waals surface area (Å²) in [7, 11) is 0. The Kier molecular flexibility index (Phi) is 4.57. The minimum atomic E-state index is -0.693. The van der Waals surface area contributed by atoms with Crippen molar-refractivity contribution in [3.05, 3.63) is 101 Å². The lowest BCUT2D eigenvalue weighted by Gasteiger charge is -2.25. The predicted molar refractivity (Wildman–Crippen MR) is 104 cm³/mol. The third-order valence-corrected chi connectivity index (χ3v) is 4.98. The summed E-state index contributed by atoms with van der Waals surface area (Å²) in [6, 6.07) is 19.2. The van der Waals surface area contributed by atoms with Gasteiger partial charge in [0.05, 0.1) is 24.4 Å². The molecule has 1 aromatic heterocycles. The Morgan fingerprint density at radius 2 is 1.71 bits per heavy atom. The fourth-order valence-electron chi connectivity index (χ4n) is 3.58. The van der Waals surface area contributed by atoms with Gasteiger partial charge in [-0.1, -0.05) is 54.6 Å². The molecule has 5 heteroatoms. The second-order valence-electron chi connectivity index (χ2n) is 6.73. The number of furan rings is 1. The fourth-order valence-corrected chi connectivity index (χ4v) is 3.58. The summed E-state index contributed by atoms with van der Waals surface area (Å²) in [5, 5.41) is 10.9. The Labute approximate surface area is 162 Å². The zero-order valence-corrected chi connectivity index (χ0v) is 15.3. The Balaban J connectivity index is 1.90. The van der Waals surface area contributed by atoms with Crippen LogP contribution in [0.5, 0.6) is 0 Å². The summed E-state index contributed by atoms with van der Waals surface area (Å²) in [5.74, 6) is -0.947. The molecule has 0 bridgehead atoms. The molecule has 1 saturated heterocycles. The lowest BCUT2D eigenvalue weighted by molar-refractivity contribution is -0.140. The number of aliphatic hydroxyl groups excluding tert-OH is 1. The van der Waals surface area contributed by atoms with Crippen LogP contribution in [0.1, 0.15) is 28.5 Å². The average Bonchev–Trinajstić information content (AvgIpc) is 3.31. The molecule has 0 radical (unpaired) electrons. The van der Waals surface area contributed by atoms with Crippen LogP contribution in [-0.4, -0.2) is 21.7 Å². The molecular formula is C23H19NO4. The van der Waals surface area contributed by atoms with Crippen LogP contribution in [-0.2, 0) is 16.1 Å². The highest BCUT2D eigenvalue weighted by Gasteiger charge is 2.46. The van der Waals surface area contributed by atoms with E-state index < -0.39 is 17.7 Å². The average molecular weight is 373 g/mol. The third kappa shape index (κ3) is 3.01. The Morgan fingerprint density at radius 1 is 1.00 bits per heavy atom. The molecule has 1 atom stereocenters. The summed E-state index contributed by atoms with van der Waals surface area (Å²) in [4.78, 5) is 27.2. The molecule has 4 rings (SSSR count). The number of likely N-dealkylation sites (tertiary alicyclic amines) is 1. The first-order valence-electron chi connectivity index (χ1n) is 8.99. The number of hydrogen-bond donors (Lipinski definition) is 1. The quantitative estimate of drug-likeness (QED) is 0.422. The van der Waals surface area contributed by atoms with Gasteiger partial charge < -0.3 is 14.4 Å². The zero-order chi connectivity index (χ0) is 19.7. The minimum Gasteiger partial charge on any atom is -0.507 e. The second-order valence-corrected chi connectivity index (χ2v) is 6.73. The van der Waals surface area contributed by atoms with Crippen LogP contribution in [0.15, 0.2) is 83.0 Å². The van der Waals surface area contributed by atoms with E-state index in [1.54, 1.807) is 36.4 Å². The molecule has 5 nitrogen and oxygen atoms in total. The van der Waals surface area contributed by atoms with Crippen molar-refractivity contribution in [2.45, 2.75) is 19.5 Å². The van der Waals surface area contributed by atoms with Gasteiger partial charge in [-0.05, 0) is 30.2 Å². The summed E-state index contributed by atoms with van der Waals surface area (Å²) >= 11 is 0. The topological polar surface area (TPSA) is 70.8 Å². The lowest BCUT2D eigenvalue weighted by atomic mass is 9.92. The van der Waals surface area contributed by atoms with Crippen molar-refractivity contribution in [2.75, 3.05) is 0 Å². The molecule has 1 aliphatic rings. The summed E-state index contributed by atoms with van der Waals surface area (Å²) in [6.07, 6.45) is 1.53. The molecule has 28 heavy (non-hydrogen) atoms. The molecule has 3 aromatic rings. The van der Waals surface area contributed by atoms with Crippen molar-refractivity contribution >= 4 is 17.4 Å². The van der Waals surface area contributed by atoms with E-state index in [4.69, 9.17) is 4.42 Å². The van der Waals surface area contributed by atoms with Gasteiger partial charge in [0.1, 0.15) is 11.5 Å². The van der Waals surface area contributed by atoms with Crippen molar-refractivity contribution in [1.82, 2.24) is 4.90 Å². The molecule has 2 heterocycles. The van der Waals surface area contributed by atoms with Crippen LogP contribution in [0.4, 0.5) is 0 Å². The molecule has 1 aliphatic heterocycles. The number of Topliss-reactive ketones (excluding diaryl/α,β-unsaturated/α-hetero) is 1. The fraction of sp³-hybridized carbons (Fsp3) is 0.130. The first-order valence-corrected chi connectivity index (χ1v) is 8.99. The highest BCUT2D eigenvalue weighted by atomic mass is 16.3. The van der Waals surface area contributed by atoms with Gasteiger partial charge >= 0.3 is 0 Å². The smallest absolute Gasteiger partial charge is 0.296 e. The largest absolute Gasteiger partial charge is 0.507 e. The summed E-state index contributed by atoms with van der Waals surface area (Å²) in [5.41, 5.74) is 2.32. The van der Waals surface area contributed by atoms with E-state index in [1.165, 1.54) is 11.2 Å². The van der Waals surface area contributed by atoms with E-state index in [0.29, 0.717) is 11.3 Å². The maximum Gasteiger partial charge on any atom is 0.296 e. The number of rotatable bonds is 4. The molecule has 1 fully saturated rings.